The Hall–Kier alpha value is -1.36. The summed E-state index contributed by atoms with van der Waals surface area (Å²) in [6.45, 7) is 0. The van der Waals surface area contributed by atoms with Gasteiger partial charge in [0.15, 0.2) is 0 Å². The molecule has 74 valence electrons. The average Bonchev–Trinajstić information content (AvgIpc) is 2.10. The Morgan fingerprint density at radius 1 is 1.57 bits per heavy atom. The molecule has 2 N–H and O–H groups in total. The summed E-state index contributed by atoms with van der Waals surface area (Å²) in [5.74, 6) is -1.53. The van der Waals surface area contributed by atoms with Crippen molar-refractivity contribution in [2.75, 3.05) is 5.32 Å². The van der Waals surface area contributed by atoms with Crippen LogP contribution in [0, 0.1) is 5.82 Å². The van der Waals surface area contributed by atoms with Crippen LogP contribution in [0.25, 0.3) is 0 Å². The number of aliphatic carboxylic acids is 1. The SMILES string of the molecule is O=C(O)/C=C/Nc1cc(Br)ccc1F. The molecule has 0 atom stereocenters. The highest BCUT2D eigenvalue weighted by Crippen LogP contribution is 2.19. The Kier molecular flexibility index (Phi) is 3.64. The van der Waals surface area contributed by atoms with Crippen LogP contribution in [0.2, 0.25) is 0 Å². The summed E-state index contributed by atoms with van der Waals surface area (Å²) in [4.78, 5) is 10.1. The van der Waals surface area contributed by atoms with Crippen molar-refractivity contribution in [3.8, 4) is 0 Å². The molecule has 1 rings (SSSR count). The third-order valence-corrected chi connectivity index (χ3v) is 1.89. The van der Waals surface area contributed by atoms with Gasteiger partial charge >= 0.3 is 5.97 Å². The van der Waals surface area contributed by atoms with E-state index in [0.29, 0.717) is 4.47 Å². The van der Waals surface area contributed by atoms with Crippen LogP contribution in [0.1, 0.15) is 0 Å². The van der Waals surface area contributed by atoms with Crippen molar-refractivity contribution >= 4 is 27.6 Å². The molecule has 14 heavy (non-hydrogen) atoms. The zero-order valence-electron chi connectivity index (χ0n) is 7.00. The molecule has 0 unspecified atom stereocenters. The summed E-state index contributed by atoms with van der Waals surface area (Å²) >= 11 is 3.17. The first kappa shape index (κ1) is 10.7. The smallest absolute Gasteiger partial charge is 0.329 e. The van der Waals surface area contributed by atoms with E-state index in [9.17, 15) is 9.18 Å². The maximum absolute atomic E-state index is 13.0. The number of carboxylic acids is 1. The van der Waals surface area contributed by atoms with Gasteiger partial charge in [-0.1, -0.05) is 15.9 Å². The van der Waals surface area contributed by atoms with Crippen LogP contribution in [0.15, 0.2) is 34.9 Å². The third kappa shape index (κ3) is 3.18. The van der Waals surface area contributed by atoms with E-state index in [2.05, 4.69) is 21.2 Å². The number of benzene rings is 1. The molecule has 0 aliphatic carbocycles. The minimum atomic E-state index is -1.09. The second-order valence-corrected chi connectivity index (χ2v) is 3.36. The molecule has 0 heterocycles. The summed E-state index contributed by atoms with van der Waals surface area (Å²) in [6, 6.07) is 4.35. The Balaban J connectivity index is 2.76. The highest BCUT2D eigenvalue weighted by Gasteiger charge is 1.99. The molecule has 0 fully saturated rings. The summed E-state index contributed by atoms with van der Waals surface area (Å²) in [7, 11) is 0. The van der Waals surface area contributed by atoms with Gasteiger partial charge in [0.05, 0.1) is 5.69 Å². The van der Waals surface area contributed by atoms with Gasteiger partial charge in [0.25, 0.3) is 0 Å². The van der Waals surface area contributed by atoms with Gasteiger partial charge in [-0.15, -0.1) is 0 Å². The largest absolute Gasteiger partial charge is 0.478 e. The van der Waals surface area contributed by atoms with E-state index in [-0.39, 0.29) is 5.69 Å². The topological polar surface area (TPSA) is 49.3 Å². The first-order chi connectivity index (χ1) is 6.59. The lowest BCUT2D eigenvalue weighted by Crippen LogP contribution is -1.94. The lowest BCUT2D eigenvalue weighted by Gasteiger charge is -2.02. The molecule has 1 aromatic carbocycles. The van der Waals surface area contributed by atoms with E-state index in [4.69, 9.17) is 5.11 Å². The molecule has 5 heteroatoms. The van der Waals surface area contributed by atoms with Gasteiger partial charge in [-0.05, 0) is 18.2 Å². The van der Waals surface area contributed by atoms with E-state index in [0.717, 1.165) is 12.3 Å². The maximum Gasteiger partial charge on any atom is 0.329 e. The van der Waals surface area contributed by atoms with Gasteiger partial charge in [-0.3, -0.25) is 0 Å². The number of rotatable bonds is 3. The molecule has 0 spiro atoms. The Morgan fingerprint density at radius 2 is 2.29 bits per heavy atom. The van der Waals surface area contributed by atoms with E-state index >= 15 is 0 Å². The standard InChI is InChI=1S/C9H7BrFNO2/c10-6-1-2-7(11)8(5-6)12-4-3-9(13)14/h1-5,12H,(H,13,14)/b4-3+. The molecule has 3 nitrogen and oxygen atoms in total. The summed E-state index contributed by atoms with van der Waals surface area (Å²) < 4.78 is 13.7. The Morgan fingerprint density at radius 3 is 2.93 bits per heavy atom. The molecule has 0 saturated carbocycles. The molecule has 0 saturated heterocycles. The van der Waals surface area contributed by atoms with Gasteiger partial charge in [0.1, 0.15) is 5.82 Å². The number of carboxylic acid groups (broad SMARTS) is 1. The second kappa shape index (κ2) is 4.76. The fraction of sp³-hybridized carbons (Fsp3) is 0. The molecule has 0 radical (unpaired) electrons. The van der Waals surface area contributed by atoms with Crippen LogP contribution in [-0.4, -0.2) is 11.1 Å². The van der Waals surface area contributed by atoms with E-state index < -0.39 is 11.8 Å². The second-order valence-electron chi connectivity index (χ2n) is 2.44. The fourth-order valence-corrected chi connectivity index (χ4v) is 1.17. The highest BCUT2D eigenvalue weighted by molar-refractivity contribution is 9.10. The van der Waals surface area contributed by atoms with Crippen molar-refractivity contribution in [2.24, 2.45) is 0 Å². The van der Waals surface area contributed by atoms with Gasteiger partial charge in [0.2, 0.25) is 0 Å². The zero-order chi connectivity index (χ0) is 10.6. The number of hydrogen-bond acceptors (Lipinski definition) is 2. The molecule has 0 aliphatic heterocycles. The molecular weight excluding hydrogens is 253 g/mol. The Bertz CT molecular complexity index is 379. The monoisotopic (exact) mass is 259 g/mol. The summed E-state index contributed by atoms with van der Waals surface area (Å²) in [5.41, 5.74) is 0.219. The number of nitrogens with one attached hydrogen (secondary N) is 1. The molecular formula is C9H7BrFNO2. The fourth-order valence-electron chi connectivity index (χ4n) is 0.811. The number of hydrogen-bond donors (Lipinski definition) is 2. The molecule has 0 aliphatic rings. The van der Waals surface area contributed by atoms with Crippen LogP contribution in [0.3, 0.4) is 0 Å². The van der Waals surface area contributed by atoms with Gasteiger partial charge in [-0.25, -0.2) is 9.18 Å². The van der Waals surface area contributed by atoms with Crippen LogP contribution in [0.4, 0.5) is 10.1 Å². The Labute approximate surface area is 88.4 Å². The lowest BCUT2D eigenvalue weighted by atomic mass is 10.3. The van der Waals surface area contributed by atoms with Gasteiger partial charge < -0.3 is 10.4 Å². The summed E-state index contributed by atoms with van der Waals surface area (Å²) in [5, 5.41) is 10.8. The van der Waals surface area contributed by atoms with Crippen LogP contribution < -0.4 is 5.32 Å². The maximum atomic E-state index is 13.0. The number of carbonyl (C=O) groups is 1. The zero-order valence-corrected chi connectivity index (χ0v) is 8.58. The summed E-state index contributed by atoms with van der Waals surface area (Å²) in [6.07, 6.45) is 2.05. The van der Waals surface area contributed by atoms with Crippen molar-refractivity contribution in [3.63, 3.8) is 0 Å². The molecule has 0 aromatic heterocycles. The van der Waals surface area contributed by atoms with Gasteiger partial charge in [0, 0.05) is 16.7 Å². The van der Waals surface area contributed by atoms with E-state index in [1.165, 1.54) is 12.1 Å². The van der Waals surface area contributed by atoms with Crippen molar-refractivity contribution in [2.45, 2.75) is 0 Å². The van der Waals surface area contributed by atoms with Gasteiger partial charge in [-0.2, -0.15) is 0 Å². The van der Waals surface area contributed by atoms with Crippen molar-refractivity contribution in [1.29, 1.82) is 0 Å². The average molecular weight is 260 g/mol. The van der Waals surface area contributed by atoms with Crippen LogP contribution in [0.5, 0.6) is 0 Å². The predicted octanol–water partition coefficient (Wildman–Crippen LogP) is 2.60. The number of anilines is 1. The van der Waals surface area contributed by atoms with Crippen molar-refractivity contribution in [1.82, 2.24) is 0 Å². The van der Waals surface area contributed by atoms with Crippen molar-refractivity contribution in [3.05, 3.63) is 40.8 Å². The normalized spacial score (nSPS) is 10.4. The molecule has 1 aromatic rings. The lowest BCUT2D eigenvalue weighted by molar-refractivity contribution is -0.131. The third-order valence-electron chi connectivity index (χ3n) is 1.39. The molecule has 0 bridgehead atoms. The van der Waals surface area contributed by atoms with Crippen molar-refractivity contribution < 1.29 is 14.3 Å². The predicted molar refractivity (Wildman–Crippen MR) is 54.5 cm³/mol. The highest BCUT2D eigenvalue weighted by atomic mass is 79.9. The van der Waals surface area contributed by atoms with E-state index in [1.807, 2.05) is 0 Å². The van der Waals surface area contributed by atoms with Crippen LogP contribution >= 0.6 is 15.9 Å². The van der Waals surface area contributed by atoms with Crippen LogP contribution in [-0.2, 0) is 4.79 Å². The molecule has 0 amide bonds. The minimum Gasteiger partial charge on any atom is -0.478 e. The first-order valence-electron chi connectivity index (χ1n) is 3.70. The quantitative estimate of drug-likeness (QED) is 0.821. The number of halogens is 2. The van der Waals surface area contributed by atoms with E-state index in [1.54, 1.807) is 6.07 Å². The first-order valence-corrected chi connectivity index (χ1v) is 4.50. The minimum absolute atomic E-state index is 0.219.